The third kappa shape index (κ3) is 5.87. The molecule has 6 nitrogen and oxygen atoms in total. The maximum atomic E-state index is 12.3. The highest BCUT2D eigenvalue weighted by molar-refractivity contribution is 5.98. The number of carbonyl (C=O) groups excluding carboxylic acids is 2. The number of likely N-dealkylation sites (N-methyl/N-ethyl adjacent to an activating group) is 1. The molecule has 0 aliphatic carbocycles. The Morgan fingerprint density at radius 1 is 1.00 bits per heavy atom. The van der Waals surface area contributed by atoms with Gasteiger partial charge < -0.3 is 15.1 Å². The summed E-state index contributed by atoms with van der Waals surface area (Å²) in [6.07, 6.45) is 2.21. The Bertz CT molecular complexity index is 873. The van der Waals surface area contributed by atoms with E-state index < -0.39 is 0 Å². The monoisotopic (exact) mass is 394 g/mol. The molecular formula is C23H30N4O2. The summed E-state index contributed by atoms with van der Waals surface area (Å²) in [6, 6.07) is 9.63. The molecule has 1 amide bonds. The Balaban J connectivity index is 1.47. The maximum absolute atomic E-state index is 12.3. The van der Waals surface area contributed by atoms with E-state index in [1.807, 2.05) is 44.2 Å². The van der Waals surface area contributed by atoms with Crippen LogP contribution in [0.5, 0.6) is 0 Å². The zero-order chi connectivity index (χ0) is 20.8. The summed E-state index contributed by atoms with van der Waals surface area (Å²) in [7, 11) is 2.13. The lowest BCUT2D eigenvalue weighted by atomic mass is 10.0. The molecule has 1 fully saturated rings. The molecule has 2 aromatic rings. The number of Topliss-reactive ketones (excluding diaryl/α,β-unsaturated/α-hetero) is 1. The van der Waals surface area contributed by atoms with Crippen molar-refractivity contribution in [3.05, 3.63) is 58.8 Å². The Kier molecular flexibility index (Phi) is 6.99. The third-order valence-electron chi connectivity index (χ3n) is 5.53. The number of aromatic nitrogens is 1. The first-order valence-electron chi connectivity index (χ1n) is 10.2. The van der Waals surface area contributed by atoms with E-state index >= 15 is 0 Å². The van der Waals surface area contributed by atoms with Crippen molar-refractivity contribution in [2.45, 2.75) is 33.2 Å². The average molecular weight is 395 g/mol. The zero-order valence-electron chi connectivity index (χ0n) is 17.6. The molecule has 1 aliphatic heterocycles. The van der Waals surface area contributed by atoms with E-state index in [9.17, 15) is 9.59 Å². The summed E-state index contributed by atoms with van der Waals surface area (Å²) in [5.41, 5.74) is 3.94. The van der Waals surface area contributed by atoms with E-state index in [4.69, 9.17) is 0 Å². The molecule has 6 heteroatoms. The Morgan fingerprint density at radius 2 is 1.76 bits per heavy atom. The number of nitrogens with zero attached hydrogens (tertiary/aromatic N) is 3. The molecule has 1 N–H and O–H groups in total. The van der Waals surface area contributed by atoms with Gasteiger partial charge >= 0.3 is 0 Å². The summed E-state index contributed by atoms with van der Waals surface area (Å²) in [5.74, 6) is 0.847. The van der Waals surface area contributed by atoms with Crippen LogP contribution in [-0.2, 0) is 11.3 Å². The summed E-state index contributed by atoms with van der Waals surface area (Å²) in [6.45, 7) is 8.42. The second kappa shape index (κ2) is 9.65. The molecule has 0 atom stereocenters. The molecule has 2 heterocycles. The normalized spacial score (nSPS) is 14.7. The number of piperazine rings is 1. The fourth-order valence-corrected chi connectivity index (χ4v) is 3.35. The van der Waals surface area contributed by atoms with Crippen LogP contribution in [0.1, 0.15) is 39.9 Å². The number of hydrogen-bond acceptors (Lipinski definition) is 5. The minimum atomic E-state index is -0.111. The van der Waals surface area contributed by atoms with Crippen molar-refractivity contribution in [2.24, 2.45) is 0 Å². The summed E-state index contributed by atoms with van der Waals surface area (Å²) < 4.78 is 0. The fraction of sp³-hybridized carbons (Fsp3) is 0.435. The highest BCUT2D eigenvalue weighted by Crippen LogP contribution is 2.15. The van der Waals surface area contributed by atoms with E-state index in [1.165, 1.54) is 0 Å². The van der Waals surface area contributed by atoms with Crippen molar-refractivity contribution in [3.8, 4) is 0 Å². The number of pyridine rings is 1. The maximum Gasteiger partial charge on any atom is 0.220 e. The van der Waals surface area contributed by atoms with E-state index in [2.05, 4.69) is 27.1 Å². The minimum Gasteiger partial charge on any atom is -0.354 e. The number of benzene rings is 1. The van der Waals surface area contributed by atoms with Gasteiger partial charge in [-0.3, -0.25) is 9.59 Å². The molecule has 1 aliphatic rings. The molecule has 154 valence electrons. The number of carbonyl (C=O) groups is 2. The number of nitrogens with one attached hydrogen (secondary N) is 1. The van der Waals surface area contributed by atoms with Gasteiger partial charge in [0, 0.05) is 57.3 Å². The molecule has 1 saturated heterocycles. The van der Waals surface area contributed by atoms with Crippen LogP contribution in [0.15, 0.2) is 36.5 Å². The first kappa shape index (κ1) is 21.0. The highest BCUT2D eigenvalue weighted by Gasteiger charge is 2.15. The summed E-state index contributed by atoms with van der Waals surface area (Å²) in [4.78, 5) is 33.6. The number of hydrogen-bond donors (Lipinski definition) is 1. The van der Waals surface area contributed by atoms with E-state index in [-0.39, 0.29) is 24.5 Å². The number of anilines is 1. The van der Waals surface area contributed by atoms with Crippen LogP contribution < -0.4 is 10.2 Å². The molecule has 3 rings (SSSR count). The smallest absolute Gasteiger partial charge is 0.220 e. The molecular weight excluding hydrogens is 364 g/mol. The van der Waals surface area contributed by atoms with Crippen molar-refractivity contribution >= 4 is 17.5 Å². The first-order valence-corrected chi connectivity index (χ1v) is 10.2. The van der Waals surface area contributed by atoms with E-state index in [0.717, 1.165) is 48.7 Å². The predicted molar refractivity (Wildman–Crippen MR) is 115 cm³/mol. The lowest BCUT2D eigenvalue weighted by Crippen LogP contribution is -2.44. The average Bonchev–Trinajstić information content (AvgIpc) is 2.73. The summed E-state index contributed by atoms with van der Waals surface area (Å²) >= 11 is 0. The van der Waals surface area contributed by atoms with Gasteiger partial charge in [0.25, 0.3) is 0 Å². The lowest BCUT2D eigenvalue weighted by molar-refractivity contribution is -0.121. The second-order valence-corrected chi connectivity index (χ2v) is 7.81. The van der Waals surface area contributed by atoms with Crippen LogP contribution in [-0.4, -0.2) is 54.8 Å². The van der Waals surface area contributed by atoms with Crippen LogP contribution in [0.3, 0.4) is 0 Å². The number of aryl methyl sites for hydroxylation is 2. The van der Waals surface area contributed by atoms with Gasteiger partial charge in [-0.25, -0.2) is 4.98 Å². The number of ketones is 1. The Morgan fingerprint density at radius 3 is 2.48 bits per heavy atom. The first-order chi connectivity index (χ1) is 13.9. The van der Waals surface area contributed by atoms with Crippen LogP contribution in [0, 0.1) is 13.8 Å². The number of rotatable bonds is 7. The van der Waals surface area contributed by atoms with Gasteiger partial charge in [0.1, 0.15) is 5.82 Å². The fourth-order valence-electron chi connectivity index (χ4n) is 3.35. The van der Waals surface area contributed by atoms with Gasteiger partial charge in [0.05, 0.1) is 0 Å². The Hall–Kier alpha value is -2.73. The van der Waals surface area contributed by atoms with Crippen LogP contribution in [0.2, 0.25) is 0 Å². The largest absolute Gasteiger partial charge is 0.354 e. The van der Waals surface area contributed by atoms with Gasteiger partial charge in [0.2, 0.25) is 5.91 Å². The van der Waals surface area contributed by atoms with Gasteiger partial charge in [0.15, 0.2) is 5.78 Å². The number of amides is 1. The van der Waals surface area contributed by atoms with Gasteiger partial charge in [-0.05, 0) is 55.8 Å². The van der Waals surface area contributed by atoms with Crippen molar-refractivity contribution in [2.75, 3.05) is 38.1 Å². The van der Waals surface area contributed by atoms with E-state index in [1.54, 1.807) is 6.20 Å². The lowest BCUT2D eigenvalue weighted by Gasteiger charge is -2.33. The zero-order valence-corrected chi connectivity index (χ0v) is 17.6. The van der Waals surface area contributed by atoms with Crippen molar-refractivity contribution in [3.63, 3.8) is 0 Å². The molecule has 0 spiro atoms. The minimum absolute atomic E-state index is 0.00418. The van der Waals surface area contributed by atoms with Crippen molar-refractivity contribution in [1.29, 1.82) is 0 Å². The van der Waals surface area contributed by atoms with Crippen molar-refractivity contribution < 1.29 is 9.59 Å². The third-order valence-corrected chi connectivity index (χ3v) is 5.53. The van der Waals surface area contributed by atoms with Gasteiger partial charge in [-0.15, -0.1) is 0 Å². The van der Waals surface area contributed by atoms with Crippen LogP contribution in [0.4, 0.5) is 5.82 Å². The Labute approximate surface area is 172 Å². The molecule has 0 unspecified atom stereocenters. The quantitative estimate of drug-likeness (QED) is 0.732. The van der Waals surface area contributed by atoms with Gasteiger partial charge in [-0.1, -0.05) is 12.1 Å². The molecule has 0 radical (unpaired) electrons. The second-order valence-electron chi connectivity index (χ2n) is 7.81. The van der Waals surface area contributed by atoms with Crippen molar-refractivity contribution in [1.82, 2.24) is 15.2 Å². The van der Waals surface area contributed by atoms with Crippen LogP contribution in [0.25, 0.3) is 0 Å². The molecule has 0 bridgehead atoms. The molecule has 29 heavy (non-hydrogen) atoms. The highest BCUT2D eigenvalue weighted by atomic mass is 16.2. The molecule has 0 saturated carbocycles. The predicted octanol–water partition coefficient (Wildman–Crippen LogP) is 2.73. The van der Waals surface area contributed by atoms with E-state index in [0.29, 0.717) is 12.1 Å². The SMILES string of the molecule is Cc1ccc(C(=O)CCC(=O)NCc2ccnc(N3CCN(C)CC3)c2)cc1C. The topological polar surface area (TPSA) is 65.5 Å². The van der Waals surface area contributed by atoms with Gasteiger partial charge in [-0.2, -0.15) is 0 Å². The summed E-state index contributed by atoms with van der Waals surface area (Å²) in [5, 5.41) is 2.92. The standard InChI is InChI=1S/C23H30N4O2/c1-17-4-5-20(14-18(17)2)21(28)6-7-23(29)25-16-19-8-9-24-22(15-19)27-12-10-26(3)11-13-27/h4-5,8-9,14-15H,6-7,10-13,16H2,1-3H3,(H,25,29). The van der Waals surface area contributed by atoms with Crippen LogP contribution >= 0.6 is 0 Å². The molecule has 1 aromatic carbocycles. The molecule has 1 aromatic heterocycles.